The van der Waals surface area contributed by atoms with Crippen LogP contribution in [0.2, 0.25) is 0 Å². The van der Waals surface area contributed by atoms with Gasteiger partial charge in [-0.1, -0.05) is 12.5 Å². The van der Waals surface area contributed by atoms with E-state index in [-0.39, 0.29) is 11.9 Å². The zero-order valence-electron chi connectivity index (χ0n) is 10.7. The van der Waals surface area contributed by atoms with E-state index in [0.29, 0.717) is 19.5 Å². The van der Waals surface area contributed by atoms with E-state index < -0.39 is 5.97 Å². The number of carboxylic acids is 1. The summed E-state index contributed by atoms with van der Waals surface area (Å²) in [6.07, 6.45) is 2.48. The summed E-state index contributed by atoms with van der Waals surface area (Å²) < 4.78 is 0. The first-order valence-corrected chi connectivity index (χ1v) is 5.85. The number of aliphatic carboxylic acids is 1. The van der Waals surface area contributed by atoms with Crippen molar-refractivity contribution in [3.63, 3.8) is 0 Å². The molecule has 1 amide bonds. The summed E-state index contributed by atoms with van der Waals surface area (Å²) in [6.45, 7) is 6.75. The normalized spacial score (nSPS) is 13.2. The van der Waals surface area contributed by atoms with Gasteiger partial charge in [0.2, 0.25) is 5.91 Å². The standard InChI is InChI=1S/C12H22N2O3/c1-4-10(3)14-11(15)5-6-13-8-9(2)7-12(16)17/h7,10,13H,4-6,8H2,1-3H3,(H,14,15)(H,16,17). The molecule has 0 aromatic rings. The summed E-state index contributed by atoms with van der Waals surface area (Å²) >= 11 is 0. The van der Waals surface area contributed by atoms with Gasteiger partial charge in [-0.25, -0.2) is 4.79 Å². The third-order valence-corrected chi connectivity index (χ3v) is 2.32. The molecule has 98 valence electrons. The molecular weight excluding hydrogens is 220 g/mol. The van der Waals surface area contributed by atoms with Crippen molar-refractivity contribution in [2.75, 3.05) is 13.1 Å². The molecule has 1 unspecified atom stereocenters. The zero-order valence-corrected chi connectivity index (χ0v) is 10.7. The fourth-order valence-corrected chi connectivity index (χ4v) is 1.20. The molecule has 17 heavy (non-hydrogen) atoms. The first-order valence-electron chi connectivity index (χ1n) is 5.85. The van der Waals surface area contributed by atoms with E-state index in [1.165, 1.54) is 0 Å². The third kappa shape index (κ3) is 9.56. The molecule has 1 atom stereocenters. The topological polar surface area (TPSA) is 78.4 Å². The van der Waals surface area contributed by atoms with Gasteiger partial charge in [-0.05, 0) is 20.3 Å². The minimum Gasteiger partial charge on any atom is -0.478 e. The molecule has 0 aliphatic carbocycles. The molecular formula is C12H22N2O3. The van der Waals surface area contributed by atoms with E-state index in [2.05, 4.69) is 10.6 Å². The van der Waals surface area contributed by atoms with Crippen molar-refractivity contribution in [2.24, 2.45) is 0 Å². The maximum absolute atomic E-state index is 11.4. The molecule has 0 aliphatic heterocycles. The highest BCUT2D eigenvalue weighted by atomic mass is 16.4. The van der Waals surface area contributed by atoms with E-state index in [9.17, 15) is 9.59 Å². The molecule has 0 bridgehead atoms. The van der Waals surface area contributed by atoms with Crippen molar-refractivity contribution in [3.05, 3.63) is 11.6 Å². The Morgan fingerprint density at radius 1 is 1.41 bits per heavy atom. The van der Waals surface area contributed by atoms with Gasteiger partial charge in [-0.3, -0.25) is 4.79 Å². The van der Waals surface area contributed by atoms with Crippen LogP contribution in [0, 0.1) is 0 Å². The van der Waals surface area contributed by atoms with Crippen LogP contribution in [0.1, 0.15) is 33.6 Å². The number of rotatable bonds is 8. The summed E-state index contributed by atoms with van der Waals surface area (Å²) in [5.41, 5.74) is 0.736. The molecule has 3 N–H and O–H groups in total. The Labute approximate surface area is 102 Å². The Morgan fingerprint density at radius 2 is 2.06 bits per heavy atom. The fraction of sp³-hybridized carbons (Fsp3) is 0.667. The van der Waals surface area contributed by atoms with Gasteiger partial charge in [-0.15, -0.1) is 0 Å². The number of carboxylic acid groups (broad SMARTS) is 1. The molecule has 0 radical (unpaired) electrons. The van der Waals surface area contributed by atoms with Gasteiger partial charge in [0, 0.05) is 31.6 Å². The van der Waals surface area contributed by atoms with Crippen LogP contribution in [0.3, 0.4) is 0 Å². The largest absolute Gasteiger partial charge is 0.478 e. The molecule has 0 aromatic carbocycles. The summed E-state index contributed by atoms with van der Waals surface area (Å²) in [5, 5.41) is 14.4. The van der Waals surface area contributed by atoms with Crippen molar-refractivity contribution in [2.45, 2.75) is 39.7 Å². The lowest BCUT2D eigenvalue weighted by Gasteiger charge is -2.11. The molecule has 0 fully saturated rings. The summed E-state index contributed by atoms with van der Waals surface area (Å²) in [4.78, 5) is 21.7. The summed E-state index contributed by atoms with van der Waals surface area (Å²) in [5.74, 6) is -0.925. The van der Waals surface area contributed by atoms with Gasteiger partial charge in [0.1, 0.15) is 0 Å². The molecule has 0 aromatic heterocycles. The van der Waals surface area contributed by atoms with Gasteiger partial charge in [0.25, 0.3) is 0 Å². The minimum atomic E-state index is -0.946. The Morgan fingerprint density at radius 3 is 2.59 bits per heavy atom. The second kappa shape index (κ2) is 8.75. The van der Waals surface area contributed by atoms with Crippen molar-refractivity contribution in [1.82, 2.24) is 10.6 Å². The number of carbonyl (C=O) groups excluding carboxylic acids is 1. The van der Waals surface area contributed by atoms with Crippen molar-refractivity contribution < 1.29 is 14.7 Å². The number of hydrogen-bond donors (Lipinski definition) is 3. The lowest BCUT2D eigenvalue weighted by atomic mass is 10.2. The van der Waals surface area contributed by atoms with Crippen LogP contribution in [-0.4, -0.2) is 36.1 Å². The van der Waals surface area contributed by atoms with Gasteiger partial charge in [0.05, 0.1) is 0 Å². The predicted molar refractivity (Wildman–Crippen MR) is 66.8 cm³/mol. The second-order valence-electron chi connectivity index (χ2n) is 4.13. The van der Waals surface area contributed by atoms with Crippen LogP contribution >= 0.6 is 0 Å². The molecule has 0 saturated heterocycles. The highest BCUT2D eigenvalue weighted by Crippen LogP contribution is 1.91. The maximum atomic E-state index is 11.4. The monoisotopic (exact) mass is 242 g/mol. The van der Waals surface area contributed by atoms with E-state index in [4.69, 9.17) is 5.11 Å². The van der Waals surface area contributed by atoms with E-state index in [1.807, 2.05) is 13.8 Å². The molecule has 5 nitrogen and oxygen atoms in total. The van der Waals surface area contributed by atoms with Gasteiger partial charge in [0.15, 0.2) is 0 Å². The Kier molecular flexibility index (Phi) is 8.05. The molecule has 0 rings (SSSR count). The van der Waals surface area contributed by atoms with Gasteiger partial charge >= 0.3 is 5.97 Å². The quantitative estimate of drug-likeness (QED) is 0.437. The average molecular weight is 242 g/mol. The average Bonchev–Trinajstić information content (AvgIpc) is 2.23. The van der Waals surface area contributed by atoms with Crippen LogP contribution in [0.25, 0.3) is 0 Å². The lowest BCUT2D eigenvalue weighted by Crippen LogP contribution is -2.34. The number of nitrogens with one attached hydrogen (secondary N) is 2. The minimum absolute atomic E-state index is 0.0201. The Balaban J connectivity index is 3.64. The molecule has 0 heterocycles. The molecule has 5 heteroatoms. The van der Waals surface area contributed by atoms with E-state index >= 15 is 0 Å². The van der Waals surface area contributed by atoms with Crippen LogP contribution in [0.4, 0.5) is 0 Å². The predicted octanol–water partition coefficient (Wildman–Crippen LogP) is 0.912. The highest BCUT2D eigenvalue weighted by molar-refractivity contribution is 5.80. The van der Waals surface area contributed by atoms with Crippen molar-refractivity contribution in [3.8, 4) is 0 Å². The fourth-order valence-electron chi connectivity index (χ4n) is 1.20. The van der Waals surface area contributed by atoms with Crippen LogP contribution in [0.5, 0.6) is 0 Å². The molecule has 0 aliphatic rings. The third-order valence-electron chi connectivity index (χ3n) is 2.32. The lowest BCUT2D eigenvalue weighted by molar-refractivity contribution is -0.131. The van der Waals surface area contributed by atoms with E-state index in [1.54, 1.807) is 6.92 Å². The van der Waals surface area contributed by atoms with Crippen LogP contribution < -0.4 is 10.6 Å². The van der Waals surface area contributed by atoms with Gasteiger partial charge in [-0.2, -0.15) is 0 Å². The number of carbonyl (C=O) groups is 2. The van der Waals surface area contributed by atoms with Crippen molar-refractivity contribution in [1.29, 1.82) is 0 Å². The highest BCUT2D eigenvalue weighted by Gasteiger charge is 2.04. The number of amides is 1. The number of hydrogen-bond acceptors (Lipinski definition) is 3. The smallest absolute Gasteiger partial charge is 0.328 e. The summed E-state index contributed by atoms with van der Waals surface area (Å²) in [6, 6.07) is 0.205. The van der Waals surface area contributed by atoms with Crippen molar-refractivity contribution >= 4 is 11.9 Å². The summed E-state index contributed by atoms with van der Waals surface area (Å²) in [7, 11) is 0. The second-order valence-corrected chi connectivity index (χ2v) is 4.13. The Bertz CT molecular complexity index is 287. The maximum Gasteiger partial charge on any atom is 0.328 e. The first-order chi connectivity index (χ1) is 7.95. The Hall–Kier alpha value is -1.36. The van der Waals surface area contributed by atoms with E-state index in [0.717, 1.165) is 18.1 Å². The van der Waals surface area contributed by atoms with Crippen LogP contribution in [0.15, 0.2) is 11.6 Å². The first kappa shape index (κ1) is 15.6. The van der Waals surface area contributed by atoms with Gasteiger partial charge < -0.3 is 15.7 Å². The zero-order chi connectivity index (χ0) is 13.3. The SMILES string of the molecule is CCC(C)NC(=O)CCNCC(C)=CC(=O)O. The van der Waals surface area contributed by atoms with Crippen LogP contribution in [-0.2, 0) is 9.59 Å². The molecule has 0 saturated carbocycles. The molecule has 0 spiro atoms.